The van der Waals surface area contributed by atoms with E-state index in [1.54, 1.807) is 0 Å². The maximum atomic E-state index is 12.4. The summed E-state index contributed by atoms with van der Waals surface area (Å²) in [5, 5.41) is 3.51. The van der Waals surface area contributed by atoms with E-state index in [1.165, 1.54) is 0 Å². The highest BCUT2D eigenvalue weighted by atomic mass is 19.4. The first-order valence-electron chi connectivity index (χ1n) is 7.41. The average Bonchev–Trinajstić information content (AvgIpc) is 2.36. The van der Waals surface area contributed by atoms with Crippen LogP contribution in [-0.4, -0.2) is 42.8 Å². The van der Waals surface area contributed by atoms with Crippen molar-refractivity contribution in [2.45, 2.75) is 64.7 Å². The van der Waals surface area contributed by atoms with Gasteiger partial charge in [-0.15, -0.1) is 0 Å². The third kappa shape index (κ3) is 5.69. The van der Waals surface area contributed by atoms with E-state index in [2.05, 4.69) is 26.1 Å². The van der Waals surface area contributed by atoms with Gasteiger partial charge in [-0.25, -0.2) is 0 Å². The number of alkyl halides is 3. The third-order valence-electron chi connectivity index (χ3n) is 4.20. The van der Waals surface area contributed by atoms with Crippen LogP contribution >= 0.6 is 0 Å². The van der Waals surface area contributed by atoms with E-state index in [9.17, 15) is 13.2 Å². The highest BCUT2D eigenvalue weighted by molar-refractivity contribution is 4.88. The van der Waals surface area contributed by atoms with Gasteiger partial charge in [-0.05, 0) is 12.3 Å². The first kappa shape index (κ1) is 16.8. The molecule has 0 radical (unpaired) electrons. The van der Waals surface area contributed by atoms with Gasteiger partial charge >= 0.3 is 6.18 Å². The summed E-state index contributed by atoms with van der Waals surface area (Å²) >= 11 is 0. The molecule has 3 atom stereocenters. The summed E-state index contributed by atoms with van der Waals surface area (Å²) in [6.45, 7) is 8.09. The van der Waals surface area contributed by atoms with Crippen LogP contribution in [0.5, 0.6) is 0 Å². The lowest BCUT2D eigenvalue weighted by Gasteiger charge is -2.42. The van der Waals surface area contributed by atoms with E-state index in [0.29, 0.717) is 12.0 Å². The Hall–Kier alpha value is -0.290. The zero-order chi connectivity index (χ0) is 14.5. The molecule has 0 bridgehead atoms. The molecular weight excluding hydrogens is 253 g/mol. The minimum Gasteiger partial charge on any atom is -0.311 e. The van der Waals surface area contributed by atoms with E-state index < -0.39 is 12.6 Å². The molecule has 0 aromatic carbocycles. The molecule has 0 spiro atoms. The van der Waals surface area contributed by atoms with Gasteiger partial charge in [0.05, 0.1) is 6.42 Å². The van der Waals surface area contributed by atoms with Gasteiger partial charge < -0.3 is 5.32 Å². The normalized spacial score (nSPS) is 27.5. The second-order valence-electron chi connectivity index (χ2n) is 5.70. The minimum atomic E-state index is -4.05. The zero-order valence-electron chi connectivity index (χ0n) is 12.3. The van der Waals surface area contributed by atoms with Crippen molar-refractivity contribution in [3.63, 3.8) is 0 Å². The molecule has 1 aliphatic heterocycles. The summed E-state index contributed by atoms with van der Waals surface area (Å²) in [7, 11) is 0. The second kappa shape index (κ2) is 7.48. The van der Waals surface area contributed by atoms with E-state index >= 15 is 0 Å². The smallest absolute Gasteiger partial charge is 0.311 e. The Labute approximate surface area is 114 Å². The topological polar surface area (TPSA) is 15.3 Å². The fourth-order valence-corrected chi connectivity index (χ4v) is 2.71. The minimum absolute atomic E-state index is 0.142. The maximum absolute atomic E-state index is 12.4. The van der Waals surface area contributed by atoms with Crippen LogP contribution in [-0.2, 0) is 0 Å². The number of nitrogens with zero attached hydrogens (tertiary/aromatic N) is 1. The molecule has 19 heavy (non-hydrogen) atoms. The van der Waals surface area contributed by atoms with Gasteiger partial charge in [0.1, 0.15) is 0 Å². The standard InChI is InChI=1S/C14H27F3N2/c1-4-6-12-9-18-13(11(3)5-2)10-19(12)8-7-14(15,16)17/h11-13,18H,4-10H2,1-3H3. The molecule has 1 aliphatic rings. The van der Waals surface area contributed by atoms with E-state index in [1.807, 2.05) is 4.90 Å². The van der Waals surface area contributed by atoms with Crippen molar-refractivity contribution in [3.05, 3.63) is 0 Å². The van der Waals surface area contributed by atoms with Crippen molar-refractivity contribution in [1.29, 1.82) is 0 Å². The van der Waals surface area contributed by atoms with Crippen molar-refractivity contribution in [2.75, 3.05) is 19.6 Å². The summed E-state index contributed by atoms with van der Waals surface area (Å²) in [6.07, 6.45) is -1.70. The first-order chi connectivity index (χ1) is 8.87. The van der Waals surface area contributed by atoms with Crippen molar-refractivity contribution in [3.8, 4) is 0 Å². The quantitative estimate of drug-likeness (QED) is 0.802. The molecule has 1 heterocycles. The van der Waals surface area contributed by atoms with Gasteiger partial charge in [0.15, 0.2) is 0 Å². The number of piperazine rings is 1. The van der Waals surface area contributed by atoms with E-state index in [0.717, 1.165) is 32.4 Å². The Bertz CT molecular complexity index is 256. The van der Waals surface area contributed by atoms with Crippen molar-refractivity contribution in [1.82, 2.24) is 10.2 Å². The molecule has 0 aromatic rings. The summed E-state index contributed by atoms with van der Waals surface area (Å²) < 4.78 is 37.2. The van der Waals surface area contributed by atoms with Crippen molar-refractivity contribution >= 4 is 0 Å². The van der Waals surface area contributed by atoms with Gasteiger partial charge in [0.2, 0.25) is 0 Å². The molecule has 1 fully saturated rings. The Balaban J connectivity index is 2.57. The highest BCUT2D eigenvalue weighted by Gasteiger charge is 2.33. The zero-order valence-corrected chi connectivity index (χ0v) is 12.3. The van der Waals surface area contributed by atoms with Gasteiger partial charge in [-0.3, -0.25) is 4.90 Å². The number of hydrogen-bond donors (Lipinski definition) is 1. The molecule has 1 saturated heterocycles. The molecule has 5 heteroatoms. The molecule has 0 saturated carbocycles. The Morgan fingerprint density at radius 3 is 2.53 bits per heavy atom. The number of halogens is 3. The predicted octanol–water partition coefficient (Wildman–Crippen LogP) is 3.43. The summed E-state index contributed by atoms with van der Waals surface area (Å²) in [5.74, 6) is 0.510. The molecule has 0 aromatic heterocycles. The van der Waals surface area contributed by atoms with E-state index in [-0.39, 0.29) is 12.6 Å². The van der Waals surface area contributed by atoms with Gasteiger partial charge in [0, 0.05) is 31.7 Å². The van der Waals surface area contributed by atoms with Crippen LogP contribution in [0.4, 0.5) is 13.2 Å². The van der Waals surface area contributed by atoms with Gasteiger partial charge in [0.25, 0.3) is 0 Å². The van der Waals surface area contributed by atoms with Crippen LogP contribution in [0.3, 0.4) is 0 Å². The summed E-state index contributed by atoms with van der Waals surface area (Å²) in [4.78, 5) is 2.05. The maximum Gasteiger partial charge on any atom is 0.390 e. The van der Waals surface area contributed by atoms with E-state index in [4.69, 9.17) is 0 Å². The summed E-state index contributed by atoms with van der Waals surface area (Å²) in [5.41, 5.74) is 0. The number of rotatable bonds is 6. The molecule has 0 aliphatic carbocycles. The highest BCUT2D eigenvalue weighted by Crippen LogP contribution is 2.23. The van der Waals surface area contributed by atoms with Crippen LogP contribution in [0.25, 0.3) is 0 Å². The number of hydrogen-bond acceptors (Lipinski definition) is 2. The van der Waals surface area contributed by atoms with Crippen molar-refractivity contribution in [2.24, 2.45) is 5.92 Å². The van der Waals surface area contributed by atoms with Crippen LogP contribution in [0, 0.1) is 5.92 Å². The molecule has 1 N–H and O–H groups in total. The molecule has 114 valence electrons. The lowest BCUT2D eigenvalue weighted by atomic mass is 9.94. The molecule has 0 amide bonds. The monoisotopic (exact) mass is 280 g/mol. The van der Waals surface area contributed by atoms with Crippen molar-refractivity contribution < 1.29 is 13.2 Å². The summed E-state index contributed by atoms with van der Waals surface area (Å²) in [6, 6.07) is 0.582. The Kier molecular flexibility index (Phi) is 6.60. The fourth-order valence-electron chi connectivity index (χ4n) is 2.71. The Morgan fingerprint density at radius 1 is 1.32 bits per heavy atom. The second-order valence-corrected chi connectivity index (χ2v) is 5.70. The molecular formula is C14H27F3N2. The lowest BCUT2D eigenvalue weighted by Crippen LogP contribution is -2.58. The van der Waals surface area contributed by atoms with Gasteiger partial charge in [-0.1, -0.05) is 33.6 Å². The average molecular weight is 280 g/mol. The van der Waals surface area contributed by atoms with Crippen LogP contribution in [0.2, 0.25) is 0 Å². The third-order valence-corrected chi connectivity index (χ3v) is 4.20. The van der Waals surface area contributed by atoms with Crippen LogP contribution < -0.4 is 5.32 Å². The molecule has 3 unspecified atom stereocenters. The number of nitrogens with one attached hydrogen (secondary N) is 1. The Morgan fingerprint density at radius 2 is 2.00 bits per heavy atom. The molecule has 1 rings (SSSR count). The van der Waals surface area contributed by atoms with Gasteiger partial charge in [-0.2, -0.15) is 13.2 Å². The SMILES string of the molecule is CCCC1CNC(C(C)CC)CN1CCC(F)(F)F. The van der Waals surface area contributed by atoms with Crippen LogP contribution in [0.1, 0.15) is 46.5 Å². The fraction of sp³-hybridized carbons (Fsp3) is 1.00. The van der Waals surface area contributed by atoms with Crippen LogP contribution in [0.15, 0.2) is 0 Å². The lowest BCUT2D eigenvalue weighted by molar-refractivity contribution is -0.140. The largest absolute Gasteiger partial charge is 0.390 e. The molecule has 2 nitrogen and oxygen atoms in total. The predicted molar refractivity (Wildman–Crippen MR) is 72.2 cm³/mol. The first-order valence-corrected chi connectivity index (χ1v) is 7.41.